The number of anilines is 2. The van der Waals surface area contributed by atoms with Gasteiger partial charge in [-0.1, -0.05) is 0 Å². The molecule has 1 aliphatic heterocycles. The lowest BCUT2D eigenvalue weighted by Gasteiger charge is -2.21. The lowest BCUT2D eigenvalue weighted by atomic mass is 10.0. The van der Waals surface area contributed by atoms with Crippen LogP contribution in [-0.4, -0.2) is 13.4 Å². The Morgan fingerprint density at radius 2 is 2.05 bits per heavy atom. The highest BCUT2D eigenvalue weighted by Gasteiger charge is 2.34. The Morgan fingerprint density at radius 1 is 1.33 bits per heavy atom. The van der Waals surface area contributed by atoms with Crippen molar-refractivity contribution in [1.29, 1.82) is 5.26 Å². The van der Waals surface area contributed by atoms with Crippen LogP contribution in [0, 0.1) is 17.1 Å². The minimum absolute atomic E-state index is 0.0209. The van der Waals surface area contributed by atoms with Gasteiger partial charge < -0.3 is 11.5 Å². The topological polar surface area (TPSA) is 123 Å². The van der Waals surface area contributed by atoms with Gasteiger partial charge in [-0.25, -0.2) is 17.8 Å². The number of nitrogen functional groups attached to an aromatic ring is 2. The van der Waals surface area contributed by atoms with Crippen LogP contribution in [-0.2, 0) is 16.3 Å². The molecule has 1 aromatic heterocycles. The number of sulfone groups is 1. The number of fused-ring (bicyclic) bond motifs is 2. The van der Waals surface area contributed by atoms with Crippen LogP contribution >= 0.6 is 0 Å². The summed E-state index contributed by atoms with van der Waals surface area (Å²) in [6, 6.07) is 5.19. The summed E-state index contributed by atoms with van der Waals surface area (Å²) in [4.78, 5) is 3.79. The van der Waals surface area contributed by atoms with Crippen LogP contribution in [0.3, 0.4) is 0 Å². The third-order valence-corrected chi connectivity index (χ3v) is 5.20. The first-order valence-electron chi connectivity index (χ1n) is 5.87. The summed E-state index contributed by atoms with van der Waals surface area (Å²) in [5.74, 6) is -0.780. The summed E-state index contributed by atoms with van der Waals surface area (Å²) < 4.78 is 38.4. The van der Waals surface area contributed by atoms with Crippen molar-refractivity contribution >= 4 is 21.3 Å². The number of hydrogen-bond acceptors (Lipinski definition) is 6. The standard InChI is InChI=1S/C13H9FN4O2S/c14-7-1-2-10-6(3-7)4-8-11(16)9(5-15)12(17)18-13(8)21(10,19)20/h1-3H,4H2,(H4,16,17,18). The van der Waals surface area contributed by atoms with Gasteiger partial charge in [0.25, 0.3) is 0 Å². The van der Waals surface area contributed by atoms with Crippen LogP contribution in [0.4, 0.5) is 15.9 Å². The Bertz CT molecular complexity index is 932. The Morgan fingerprint density at radius 3 is 2.71 bits per heavy atom. The van der Waals surface area contributed by atoms with Crippen LogP contribution < -0.4 is 11.5 Å². The summed E-state index contributed by atoms with van der Waals surface area (Å²) >= 11 is 0. The third kappa shape index (κ3) is 1.75. The van der Waals surface area contributed by atoms with Gasteiger partial charge in [0.05, 0.1) is 10.6 Å². The highest BCUT2D eigenvalue weighted by atomic mass is 32.2. The molecule has 0 atom stereocenters. The summed E-state index contributed by atoms with van der Waals surface area (Å²) in [6.45, 7) is 0. The van der Waals surface area contributed by atoms with Crippen molar-refractivity contribution in [3.05, 3.63) is 40.7 Å². The van der Waals surface area contributed by atoms with Crippen LogP contribution in [0.5, 0.6) is 0 Å². The number of rotatable bonds is 0. The first kappa shape index (κ1) is 13.3. The molecule has 0 fully saturated rings. The fourth-order valence-electron chi connectivity index (χ4n) is 2.39. The van der Waals surface area contributed by atoms with E-state index in [4.69, 9.17) is 16.7 Å². The average molecular weight is 304 g/mol. The molecule has 0 radical (unpaired) electrons. The van der Waals surface area contributed by atoms with E-state index < -0.39 is 15.7 Å². The van der Waals surface area contributed by atoms with E-state index in [0.29, 0.717) is 0 Å². The van der Waals surface area contributed by atoms with E-state index >= 15 is 0 Å². The first-order valence-corrected chi connectivity index (χ1v) is 7.36. The molecule has 0 saturated heterocycles. The molecule has 8 heteroatoms. The van der Waals surface area contributed by atoms with Crippen LogP contribution in [0.25, 0.3) is 0 Å². The molecule has 0 saturated carbocycles. The molecule has 1 aliphatic rings. The second kappa shape index (κ2) is 4.17. The number of pyridine rings is 1. The fraction of sp³-hybridized carbons (Fsp3) is 0.0769. The molecule has 0 amide bonds. The number of nitrogens with two attached hydrogens (primary N) is 2. The van der Waals surface area contributed by atoms with Gasteiger partial charge >= 0.3 is 0 Å². The zero-order chi connectivity index (χ0) is 15.4. The quantitative estimate of drug-likeness (QED) is 0.597. The van der Waals surface area contributed by atoms with Gasteiger partial charge in [0.15, 0.2) is 5.03 Å². The predicted octanol–water partition coefficient (Wildman–Crippen LogP) is 0.994. The summed E-state index contributed by atoms with van der Waals surface area (Å²) in [5.41, 5.74) is 11.8. The molecular weight excluding hydrogens is 295 g/mol. The molecule has 2 heterocycles. The lowest BCUT2D eigenvalue weighted by molar-refractivity contribution is 0.585. The molecule has 1 aromatic carbocycles. The maximum atomic E-state index is 13.3. The zero-order valence-corrected chi connectivity index (χ0v) is 11.4. The summed E-state index contributed by atoms with van der Waals surface area (Å²) in [6.07, 6.45) is 0.0788. The maximum Gasteiger partial charge on any atom is 0.224 e. The van der Waals surface area contributed by atoms with Crippen LogP contribution in [0.1, 0.15) is 16.7 Å². The normalized spacial score (nSPS) is 14.9. The minimum atomic E-state index is -3.94. The van der Waals surface area contributed by atoms with E-state index in [1.807, 2.05) is 0 Å². The molecule has 6 nitrogen and oxygen atoms in total. The van der Waals surface area contributed by atoms with E-state index in [1.54, 1.807) is 6.07 Å². The summed E-state index contributed by atoms with van der Waals surface area (Å²) in [7, 11) is -3.94. The highest BCUT2D eigenvalue weighted by Crippen LogP contribution is 2.38. The maximum absolute atomic E-state index is 13.3. The number of hydrogen-bond donors (Lipinski definition) is 2. The Kier molecular flexibility index (Phi) is 2.64. The second-order valence-electron chi connectivity index (χ2n) is 4.61. The molecule has 0 unspecified atom stereocenters. The van der Waals surface area contributed by atoms with E-state index in [-0.39, 0.29) is 44.5 Å². The lowest BCUT2D eigenvalue weighted by Crippen LogP contribution is -2.20. The number of halogens is 1. The van der Waals surface area contributed by atoms with Gasteiger partial charge in [-0.3, -0.25) is 0 Å². The van der Waals surface area contributed by atoms with Crippen molar-refractivity contribution in [3.63, 3.8) is 0 Å². The second-order valence-corrected chi connectivity index (χ2v) is 6.45. The number of benzene rings is 1. The fourth-order valence-corrected chi connectivity index (χ4v) is 4.05. The Balaban J connectivity index is 2.40. The molecule has 4 N–H and O–H groups in total. The average Bonchev–Trinajstić information content (AvgIpc) is 2.41. The molecule has 0 bridgehead atoms. The number of nitrogens with zero attached hydrogens (tertiary/aromatic N) is 2. The van der Waals surface area contributed by atoms with Crippen molar-refractivity contribution in [3.8, 4) is 6.07 Å². The van der Waals surface area contributed by atoms with Crippen molar-refractivity contribution in [2.75, 3.05) is 11.5 Å². The molecule has 3 rings (SSSR count). The minimum Gasteiger partial charge on any atom is -0.397 e. The molecule has 0 aliphatic carbocycles. The van der Waals surface area contributed by atoms with Gasteiger partial charge in [0, 0.05) is 12.0 Å². The van der Waals surface area contributed by atoms with E-state index in [2.05, 4.69) is 4.98 Å². The number of nitriles is 1. The van der Waals surface area contributed by atoms with Crippen molar-refractivity contribution in [2.24, 2.45) is 0 Å². The molecule has 106 valence electrons. The SMILES string of the molecule is N#Cc1c(N)nc2c(c1N)Cc1cc(F)ccc1S2(=O)=O. The van der Waals surface area contributed by atoms with Gasteiger partial charge in [-0.15, -0.1) is 0 Å². The molecule has 0 spiro atoms. The van der Waals surface area contributed by atoms with Gasteiger partial charge in [0.1, 0.15) is 23.3 Å². The zero-order valence-electron chi connectivity index (χ0n) is 10.6. The van der Waals surface area contributed by atoms with Gasteiger partial charge in [-0.05, 0) is 23.8 Å². The van der Waals surface area contributed by atoms with Crippen LogP contribution in [0.2, 0.25) is 0 Å². The van der Waals surface area contributed by atoms with Crippen molar-refractivity contribution in [2.45, 2.75) is 16.3 Å². The van der Waals surface area contributed by atoms with Gasteiger partial charge in [-0.2, -0.15) is 5.26 Å². The molecule has 2 aromatic rings. The van der Waals surface area contributed by atoms with E-state index in [1.165, 1.54) is 6.07 Å². The van der Waals surface area contributed by atoms with Crippen molar-refractivity contribution in [1.82, 2.24) is 4.98 Å². The first-order chi connectivity index (χ1) is 9.86. The smallest absolute Gasteiger partial charge is 0.224 e. The van der Waals surface area contributed by atoms with E-state index in [9.17, 15) is 12.8 Å². The van der Waals surface area contributed by atoms with Gasteiger partial charge in [0.2, 0.25) is 9.84 Å². The Hall–Kier alpha value is -2.66. The number of aromatic nitrogens is 1. The Labute approximate surface area is 119 Å². The monoisotopic (exact) mass is 304 g/mol. The molecule has 21 heavy (non-hydrogen) atoms. The largest absolute Gasteiger partial charge is 0.397 e. The van der Waals surface area contributed by atoms with Crippen molar-refractivity contribution < 1.29 is 12.8 Å². The third-order valence-electron chi connectivity index (χ3n) is 3.38. The van der Waals surface area contributed by atoms with Crippen LogP contribution in [0.15, 0.2) is 28.1 Å². The predicted molar refractivity (Wildman–Crippen MR) is 72.4 cm³/mol. The molecular formula is C13H9FN4O2S. The van der Waals surface area contributed by atoms with E-state index in [0.717, 1.165) is 12.1 Å². The highest BCUT2D eigenvalue weighted by molar-refractivity contribution is 7.91. The summed E-state index contributed by atoms with van der Waals surface area (Å²) in [5, 5.41) is 8.74.